The van der Waals surface area contributed by atoms with Gasteiger partial charge in [0.25, 0.3) is 5.91 Å². The number of alkyl halides is 1. The number of hydrogen-bond donors (Lipinski definition) is 1. The standard InChI is InChI=1S/C13H17Cl2NO/c1-8-4-5-11(15)7-12(8)13(17)16-10(3)6-9(2)14/h4-5,7,9-10H,6H2,1-3H3,(H,16,17). The molecule has 0 spiro atoms. The molecule has 0 saturated carbocycles. The van der Waals surface area contributed by atoms with Gasteiger partial charge in [-0.3, -0.25) is 4.79 Å². The minimum Gasteiger partial charge on any atom is -0.350 e. The largest absolute Gasteiger partial charge is 0.350 e. The van der Waals surface area contributed by atoms with E-state index in [0.29, 0.717) is 10.6 Å². The summed E-state index contributed by atoms with van der Waals surface area (Å²) in [6, 6.07) is 5.35. The SMILES string of the molecule is Cc1ccc(Cl)cc1C(=O)NC(C)CC(C)Cl. The number of rotatable bonds is 4. The van der Waals surface area contributed by atoms with E-state index in [9.17, 15) is 4.79 Å². The van der Waals surface area contributed by atoms with Crippen molar-refractivity contribution in [2.45, 2.75) is 38.6 Å². The van der Waals surface area contributed by atoms with Crippen LogP contribution < -0.4 is 5.32 Å². The van der Waals surface area contributed by atoms with Crippen molar-refractivity contribution in [3.8, 4) is 0 Å². The van der Waals surface area contributed by atoms with Gasteiger partial charge in [-0.1, -0.05) is 17.7 Å². The lowest BCUT2D eigenvalue weighted by atomic mass is 10.1. The van der Waals surface area contributed by atoms with Gasteiger partial charge in [-0.2, -0.15) is 0 Å². The number of benzene rings is 1. The molecule has 0 saturated heterocycles. The van der Waals surface area contributed by atoms with Gasteiger partial charge in [0.15, 0.2) is 0 Å². The van der Waals surface area contributed by atoms with Gasteiger partial charge in [0.2, 0.25) is 0 Å². The summed E-state index contributed by atoms with van der Waals surface area (Å²) in [6.07, 6.45) is 0.743. The smallest absolute Gasteiger partial charge is 0.251 e. The number of hydrogen-bond acceptors (Lipinski definition) is 1. The Balaban J connectivity index is 2.73. The third-order valence-corrected chi connectivity index (χ3v) is 2.91. The van der Waals surface area contributed by atoms with Crippen molar-refractivity contribution in [2.24, 2.45) is 0 Å². The molecule has 0 radical (unpaired) electrons. The second-order valence-electron chi connectivity index (χ2n) is 4.35. The molecule has 0 heterocycles. The zero-order valence-corrected chi connectivity index (χ0v) is 11.8. The second-order valence-corrected chi connectivity index (χ2v) is 5.53. The number of nitrogens with one attached hydrogen (secondary N) is 1. The monoisotopic (exact) mass is 273 g/mol. The maximum Gasteiger partial charge on any atom is 0.251 e. The number of halogens is 2. The molecule has 1 aromatic rings. The van der Waals surface area contributed by atoms with Gasteiger partial charge in [0.05, 0.1) is 0 Å². The average Bonchev–Trinajstić information content (AvgIpc) is 2.20. The lowest BCUT2D eigenvalue weighted by Crippen LogP contribution is -2.34. The quantitative estimate of drug-likeness (QED) is 0.832. The summed E-state index contributed by atoms with van der Waals surface area (Å²) in [4.78, 5) is 12.0. The van der Waals surface area contributed by atoms with Crippen molar-refractivity contribution >= 4 is 29.1 Å². The van der Waals surface area contributed by atoms with E-state index in [0.717, 1.165) is 12.0 Å². The normalized spacial score (nSPS) is 14.2. The third kappa shape index (κ3) is 4.57. The number of amides is 1. The summed E-state index contributed by atoms with van der Waals surface area (Å²) < 4.78 is 0. The topological polar surface area (TPSA) is 29.1 Å². The molecule has 94 valence electrons. The Hall–Kier alpha value is -0.730. The van der Waals surface area contributed by atoms with Crippen LogP contribution in [0.15, 0.2) is 18.2 Å². The molecule has 2 nitrogen and oxygen atoms in total. The highest BCUT2D eigenvalue weighted by atomic mass is 35.5. The third-order valence-electron chi connectivity index (χ3n) is 2.50. The zero-order chi connectivity index (χ0) is 13.0. The molecule has 2 atom stereocenters. The van der Waals surface area contributed by atoms with E-state index in [-0.39, 0.29) is 17.3 Å². The van der Waals surface area contributed by atoms with Gasteiger partial charge in [0, 0.05) is 22.0 Å². The van der Waals surface area contributed by atoms with Crippen molar-refractivity contribution in [2.75, 3.05) is 0 Å². The van der Waals surface area contributed by atoms with E-state index in [1.54, 1.807) is 12.1 Å². The highest BCUT2D eigenvalue weighted by molar-refractivity contribution is 6.31. The van der Waals surface area contributed by atoms with Gasteiger partial charge in [0.1, 0.15) is 0 Å². The summed E-state index contributed by atoms with van der Waals surface area (Å²) in [5.74, 6) is -0.102. The molecule has 17 heavy (non-hydrogen) atoms. The Morgan fingerprint density at radius 1 is 1.41 bits per heavy atom. The van der Waals surface area contributed by atoms with Crippen LogP contribution >= 0.6 is 23.2 Å². The van der Waals surface area contributed by atoms with Crippen molar-refractivity contribution in [1.82, 2.24) is 5.32 Å². The number of carbonyl (C=O) groups is 1. The van der Waals surface area contributed by atoms with Crippen LogP contribution in [0, 0.1) is 6.92 Å². The Morgan fingerprint density at radius 3 is 2.65 bits per heavy atom. The first-order chi connectivity index (χ1) is 7.90. The lowest BCUT2D eigenvalue weighted by molar-refractivity contribution is 0.0938. The van der Waals surface area contributed by atoms with Crippen LogP contribution in [0.2, 0.25) is 5.02 Å². The molecule has 0 aliphatic rings. The minimum absolute atomic E-state index is 0.0470. The van der Waals surface area contributed by atoms with Gasteiger partial charge >= 0.3 is 0 Å². The summed E-state index contributed by atoms with van der Waals surface area (Å²) in [7, 11) is 0. The molecule has 1 N–H and O–H groups in total. The fourth-order valence-corrected chi connectivity index (χ4v) is 2.13. The van der Waals surface area contributed by atoms with Gasteiger partial charge in [-0.25, -0.2) is 0 Å². The molecule has 1 rings (SSSR count). The maximum absolute atomic E-state index is 12.0. The first-order valence-electron chi connectivity index (χ1n) is 5.61. The predicted molar refractivity (Wildman–Crippen MR) is 73.0 cm³/mol. The number of carbonyl (C=O) groups excluding carboxylic acids is 1. The molecule has 1 amide bonds. The van der Waals surface area contributed by atoms with Crippen molar-refractivity contribution < 1.29 is 4.79 Å². The van der Waals surface area contributed by atoms with Crippen LogP contribution in [0.1, 0.15) is 36.2 Å². The fraction of sp³-hybridized carbons (Fsp3) is 0.462. The molecule has 2 unspecified atom stereocenters. The fourth-order valence-electron chi connectivity index (χ4n) is 1.69. The van der Waals surface area contributed by atoms with Crippen molar-refractivity contribution in [3.63, 3.8) is 0 Å². The van der Waals surface area contributed by atoms with Crippen molar-refractivity contribution in [3.05, 3.63) is 34.3 Å². The Labute approximate surface area is 112 Å². The second kappa shape index (κ2) is 6.27. The Morgan fingerprint density at radius 2 is 2.06 bits per heavy atom. The molecule has 0 aliphatic heterocycles. The average molecular weight is 274 g/mol. The molecular formula is C13H17Cl2NO. The molecule has 0 aliphatic carbocycles. The predicted octanol–water partition coefficient (Wildman–Crippen LogP) is 3.78. The molecular weight excluding hydrogens is 257 g/mol. The zero-order valence-electron chi connectivity index (χ0n) is 10.3. The van der Waals surface area contributed by atoms with Crippen LogP contribution in [0.5, 0.6) is 0 Å². The first-order valence-corrected chi connectivity index (χ1v) is 6.42. The van der Waals surface area contributed by atoms with E-state index in [4.69, 9.17) is 23.2 Å². The van der Waals surface area contributed by atoms with E-state index >= 15 is 0 Å². The highest BCUT2D eigenvalue weighted by Gasteiger charge is 2.13. The maximum atomic E-state index is 12.0. The van der Waals surface area contributed by atoms with Gasteiger partial charge < -0.3 is 5.32 Å². The number of aryl methyl sites for hydroxylation is 1. The van der Waals surface area contributed by atoms with Crippen molar-refractivity contribution in [1.29, 1.82) is 0 Å². The Bertz CT molecular complexity index is 404. The van der Waals surface area contributed by atoms with Gasteiger partial charge in [-0.05, 0) is 44.9 Å². The first kappa shape index (κ1) is 14.3. The summed E-state index contributed by atoms with van der Waals surface area (Å²) >= 11 is 11.8. The minimum atomic E-state index is -0.102. The molecule has 0 aromatic heterocycles. The van der Waals surface area contributed by atoms with E-state index in [1.807, 2.05) is 26.8 Å². The molecule has 0 fully saturated rings. The molecule has 1 aromatic carbocycles. The van der Waals surface area contributed by atoms with Gasteiger partial charge in [-0.15, -0.1) is 11.6 Å². The summed E-state index contributed by atoms with van der Waals surface area (Å²) in [5.41, 5.74) is 1.53. The highest BCUT2D eigenvalue weighted by Crippen LogP contribution is 2.15. The van der Waals surface area contributed by atoms with Crippen LogP contribution in [-0.4, -0.2) is 17.3 Å². The Kier molecular flexibility index (Phi) is 5.29. The van der Waals surface area contributed by atoms with E-state index in [2.05, 4.69) is 5.32 Å². The molecule has 0 bridgehead atoms. The van der Waals surface area contributed by atoms with Crippen LogP contribution in [0.4, 0.5) is 0 Å². The molecule has 4 heteroatoms. The van der Waals surface area contributed by atoms with E-state index in [1.165, 1.54) is 0 Å². The summed E-state index contributed by atoms with van der Waals surface area (Å²) in [6.45, 7) is 5.74. The van der Waals surface area contributed by atoms with Crippen LogP contribution in [0.25, 0.3) is 0 Å². The summed E-state index contributed by atoms with van der Waals surface area (Å²) in [5, 5.41) is 3.53. The van der Waals surface area contributed by atoms with Crippen LogP contribution in [0.3, 0.4) is 0 Å². The van der Waals surface area contributed by atoms with E-state index < -0.39 is 0 Å². The lowest BCUT2D eigenvalue weighted by Gasteiger charge is -2.16. The van der Waals surface area contributed by atoms with Crippen LogP contribution in [-0.2, 0) is 0 Å².